The number of aromatic nitrogens is 4. The van der Waals surface area contributed by atoms with E-state index in [9.17, 15) is 0 Å². The smallest absolute Gasteiger partial charge is 0.230 e. The average Bonchev–Trinajstić information content (AvgIpc) is 3.63. The lowest BCUT2D eigenvalue weighted by Gasteiger charge is -2.31. The minimum atomic E-state index is 0.238. The van der Waals surface area contributed by atoms with E-state index in [1.54, 1.807) is 7.11 Å². The highest BCUT2D eigenvalue weighted by Gasteiger charge is 2.27. The SMILES string of the molecule is COc1cccc2ccc(N3CCC(c4nc(-c5ccc(N6CCC(CN)C6)nc5)no4)CC3)nc12. The van der Waals surface area contributed by atoms with Gasteiger partial charge in [-0.1, -0.05) is 17.3 Å². The van der Waals surface area contributed by atoms with E-state index in [-0.39, 0.29) is 5.92 Å². The summed E-state index contributed by atoms with van der Waals surface area (Å²) < 4.78 is 11.2. The van der Waals surface area contributed by atoms with Gasteiger partial charge in [0, 0.05) is 49.2 Å². The molecule has 0 radical (unpaired) electrons. The number of hydrogen-bond acceptors (Lipinski definition) is 9. The average molecular weight is 486 g/mol. The standard InChI is InChI=1S/C27H31N7O2/c1-35-22-4-2-3-19-5-8-24(30-25(19)22)33-13-10-20(11-14-33)27-31-26(32-36-27)21-6-7-23(29-16-21)34-12-9-18(15-28)17-34/h2-8,16,18,20H,9-15,17,28H2,1H3. The lowest BCUT2D eigenvalue weighted by atomic mass is 9.96. The molecule has 2 N–H and O–H groups in total. The van der Waals surface area contributed by atoms with Crippen molar-refractivity contribution in [1.29, 1.82) is 0 Å². The van der Waals surface area contributed by atoms with Crippen LogP contribution in [0.3, 0.4) is 0 Å². The number of fused-ring (bicyclic) bond motifs is 1. The molecule has 1 unspecified atom stereocenters. The highest BCUT2D eigenvalue weighted by molar-refractivity contribution is 5.86. The summed E-state index contributed by atoms with van der Waals surface area (Å²) in [5.41, 5.74) is 7.59. The van der Waals surface area contributed by atoms with Crippen molar-refractivity contribution in [3.8, 4) is 17.1 Å². The Labute approximate surface area is 210 Å². The lowest BCUT2D eigenvalue weighted by molar-refractivity contribution is 0.329. The summed E-state index contributed by atoms with van der Waals surface area (Å²) in [6, 6.07) is 14.2. The molecule has 5 heterocycles. The Kier molecular flexibility index (Phi) is 6.14. The van der Waals surface area contributed by atoms with Crippen LogP contribution >= 0.6 is 0 Å². The monoisotopic (exact) mass is 485 g/mol. The van der Waals surface area contributed by atoms with Gasteiger partial charge >= 0.3 is 0 Å². The van der Waals surface area contributed by atoms with Gasteiger partial charge in [0.1, 0.15) is 22.9 Å². The van der Waals surface area contributed by atoms with Crippen LogP contribution < -0.4 is 20.3 Å². The molecule has 0 aliphatic carbocycles. The number of nitrogens with zero attached hydrogens (tertiary/aromatic N) is 6. The maximum absolute atomic E-state index is 5.82. The molecule has 9 nitrogen and oxygen atoms in total. The van der Waals surface area contributed by atoms with E-state index in [0.29, 0.717) is 17.6 Å². The van der Waals surface area contributed by atoms with Crippen molar-refractivity contribution in [3.63, 3.8) is 0 Å². The first kappa shape index (κ1) is 22.7. The van der Waals surface area contributed by atoms with Crippen molar-refractivity contribution in [2.24, 2.45) is 11.7 Å². The molecule has 4 aromatic rings. The molecule has 2 aliphatic heterocycles. The van der Waals surface area contributed by atoms with Crippen LogP contribution in [0, 0.1) is 5.92 Å². The number of anilines is 2. The molecule has 2 saturated heterocycles. The van der Waals surface area contributed by atoms with E-state index in [1.165, 1.54) is 0 Å². The number of pyridine rings is 2. The molecule has 3 aromatic heterocycles. The molecular weight excluding hydrogens is 454 g/mol. The molecule has 186 valence electrons. The molecule has 0 saturated carbocycles. The van der Waals surface area contributed by atoms with Gasteiger partial charge in [0.05, 0.1) is 7.11 Å². The summed E-state index contributed by atoms with van der Waals surface area (Å²) >= 11 is 0. The number of piperidine rings is 1. The van der Waals surface area contributed by atoms with Crippen molar-refractivity contribution in [2.45, 2.75) is 25.2 Å². The zero-order valence-electron chi connectivity index (χ0n) is 20.5. The quantitative estimate of drug-likeness (QED) is 0.436. The molecular formula is C27H31N7O2. The molecule has 0 amide bonds. The van der Waals surface area contributed by atoms with Crippen molar-refractivity contribution in [1.82, 2.24) is 20.1 Å². The van der Waals surface area contributed by atoms with Crippen LogP contribution in [0.4, 0.5) is 11.6 Å². The number of para-hydroxylation sites is 1. The third kappa shape index (κ3) is 4.35. The topological polar surface area (TPSA) is 106 Å². The van der Waals surface area contributed by atoms with Crippen LogP contribution in [0.1, 0.15) is 31.1 Å². The minimum Gasteiger partial charge on any atom is -0.494 e. The molecule has 6 rings (SSSR count). The Bertz CT molecular complexity index is 1330. The number of nitrogens with two attached hydrogens (primary N) is 1. The fourth-order valence-corrected chi connectivity index (χ4v) is 5.26. The molecule has 2 aliphatic rings. The Morgan fingerprint density at radius 3 is 2.56 bits per heavy atom. The third-order valence-electron chi connectivity index (χ3n) is 7.45. The Balaban J connectivity index is 1.10. The number of methoxy groups -OCH3 is 1. The lowest BCUT2D eigenvalue weighted by Crippen LogP contribution is -2.33. The molecule has 36 heavy (non-hydrogen) atoms. The van der Waals surface area contributed by atoms with Gasteiger partial charge in [-0.25, -0.2) is 9.97 Å². The van der Waals surface area contributed by atoms with Crippen LogP contribution in [0.15, 0.2) is 53.2 Å². The number of benzene rings is 1. The summed E-state index contributed by atoms with van der Waals surface area (Å²) in [4.78, 5) is 18.9. The highest BCUT2D eigenvalue weighted by atomic mass is 16.5. The maximum Gasteiger partial charge on any atom is 0.230 e. The first-order chi connectivity index (χ1) is 17.7. The maximum atomic E-state index is 5.82. The second-order valence-corrected chi connectivity index (χ2v) is 9.66. The molecule has 0 spiro atoms. The normalized spacial score (nSPS) is 18.8. The third-order valence-corrected chi connectivity index (χ3v) is 7.45. The number of hydrogen-bond donors (Lipinski definition) is 1. The zero-order valence-corrected chi connectivity index (χ0v) is 20.5. The predicted octanol–water partition coefficient (Wildman–Crippen LogP) is 3.86. The summed E-state index contributed by atoms with van der Waals surface area (Å²) in [6.45, 7) is 4.46. The first-order valence-corrected chi connectivity index (χ1v) is 12.7. The van der Waals surface area contributed by atoms with Gasteiger partial charge in [-0.3, -0.25) is 0 Å². The fraction of sp³-hybridized carbons (Fsp3) is 0.407. The van der Waals surface area contributed by atoms with Gasteiger partial charge in [0.15, 0.2) is 0 Å². The summed E-state index contributed by atoms with van der Waals surface area (Å²) in [7, 11) is 1.68. The van der Waals surface area contributed by atoms with Crippen LogP contribution in [0.5, 0.6) is 5.75 Å². The second-order valence-electron chi connectivity index (χ2n) is 9.66. The molecule has 1 aromatic carbocycles. The summed E-state index contributed by atoms with van der Waals surface area (Å²) in [5, 5.41) is 5.33. The van der Waals surface area contributed by atoms with Crippen molar-refractivity contribution in [3.05, 3.63) is 54.6 Å². The molecule has 1 atom stereocenters. The van der Waals surface area contributed by atoms with E-state index in [1.807, 2.05) is 30.5 Å². The van der Waals surface area contributed by atoms with E-state index in [4.69, 9.17) is 25.0 Å². The van der Waals surface area contributed by atoms with Crippen LogP contribution in [-0.2, 0) is 0 Å². The van der Waals surface area contributed by atoms with E-state index in [0.717, 1.165) is 85.8 Å². The highest BCUT2D eigenvalue weighted by Crippen LogP contribution is 2.32. The van der Waals surface area contributed by atoms with Crippen LogP contribution in [-0.4, -0.2) is 59.9 Å². The van der Waals surface area contributed by atoms with Gasteiger partial charge in [0.25, 0.3) is 0 Å². The van der Waals surface area contributed by atoms with Gasteiger partial charge in [-0.2, -0.15) is 4.98 Å². The molecule has 9 heteroatoms. The van der Waals surface area contributed by atoms with Crippen LogP contribution in [0.2, 0.25) is 0 Å². The largest absolute Gasteiger partial charge is 0.494 e. The Morgan fingerprint density at radius 2 is 1.81 bits per heavy atom. The van der Waals surface area contributed by atoms with Gasteiger partial charge < -0.3 is 24.8 Å². The van der Waals surface area contributed by atoms with Crippen LogP contribution in [0.25, 0.3) is 22.3 Å². The summed E-state index contributed by atoms with van der Waals surface area (Å²) in [6.07, 6.45) is 4.82. The molecule has 0 bridgehead atoms. The number of ether oxygens (including phenoxy) is 1. The van der Waals surface area contributed by atoms with Crippen molar-refractivity contribution < 1.29 is 9.26 Å². The fourth-order valence-electron chi connectivity index (χ4n) is 5.26. The molecule has 2 fully saturated rings. The Morgan fingerprint density at radius 1 is 0.972 bits per heavy atom. The minimum absolute atomic E-state index is 0.238. The Hall–Kier alpha value is -3.72. The summed E-state index contributed by atoms with van der Waals surface area (Å²) in [5.74, 6) is 4.83. The predicted molar refractivity (Wildman–Crippen MR) is 139 cm³/mol. The van der Waals surface area contributed by atoms with Gasteiger partial charge in [0.2, 0.25) is 11.7 Å². The van der Waals surface area contributed by atoms with E-state index >= 15 is 0 Å². The van der Waals surface area contributed by atoms with Gasteiger partial charge in [-0.05, 0) is 62.1 Å². The van der Waals surface area contributed by atoms with Crippen molar-refractivity contribution >= 4 is 22.5 Å². The van der Waals surface area contributed by atoms with E-state index in [2.05, 4.69) is 38.1 Å². The second kappa shape index (κ2) is 9.73. The number of rotatable bonds is 6. The van der Waals surface area contributed by atoms with E-state index < -0.39 is 0 Å². The first-order valence-electron chi connectivity index (χ1n) is 12.7. The van der Waals surface area contributed by atoms with Gasteiger partial charge in [-0.15, -0.1) is 0 Å². The van der Waals surface area contributed by atoms with Crippen molar-refractivity contribution in [2.75, 3.05) is 49.6 Å². The zero-order chi connectivity index (χ0) is 24.5.